The van der Waals surface area contributed by atoms with Crippen molar-refractivity contribution < 1.29 is 19.1 Å². The van der Waals surface area contributed by atoms with Crippen LogP contribution in [0.15, 0.2) is 18.2 Å². The van der Waals surface area contributed by atoms with Crippen molar-refractivity contribution in [1.29, 1.82) is 0 Å². The first kappa shape index (κ1) is 22.2. The molecule has 2 amide bonds. The third-order valence-electron chi connectivity index (χ3n) is 6.40. The van der Waals surface area contributed by atoms with E-state index in [0.717, 1.165) is 36.1 Å². The number of benzene rings is 1. The minimum atomic E-state index is -0.506. The second-order valence-electron chi connectivity index (χ2n) is 8.35. The lowest BCUT2D eigenvalue weighted by molar-refractivity contribution is 0.0999. The van der Waals surface area contributed by atoms with Gasteiger partial charge in [0.05, 0.1) is 25.3 Å². The molecule has 30 heavy (non-hydrogen) atoms. The summed E-state index contributed by atoms with van der Waals surface area (Å²) in [7, 11) is 3.01. The number of thiophene rings is 1. The lowest BCUT2D eigenvalue weighted by atomic mass is 9.69. The largest absolute Gasteiger partial charge is 0.493 e. The van der Waals surface area contributed by atoms with Crippen LogP contribution in [0, 0.1) is 11.3 Å². The number of nitrogens with two attached hydrogens (primary N) is 1. The second kappa shape index (κ2) is 8.68. The Labute approximate surface area is 181 Å². The highest BCUT2D eigenvalue weighted by atomic mass is 32.1. The van der Waals surface area contributed by atoms with Gasteiger partial charge < -0.3 is 20.5 Å². The molecule has 162 valence electrons. The number of nitrogens with one attached hydrogen (secondary N) is 1. The van der Waals surface area contributed by atoms with E-state index >= 15 is 0 Å². The fraction of sp³-hybridized carbons (Fsp3) is 0.478. The molecule has 1 aromatic carbocycles. The first-order valence-electron chi connectivity index (χ1n) is 10.2. The van der Waals surface area contributed by atoms with Crippen molar-refractivity contribution in [3.63, 3.8) is 0 Å². The molecule has 6 nitrogen and oxygen atoms in total. The van der Waals surface area contributed by atoms with Crippen molar-refractivity contribution in [1.82, 2.24) is 0 Å². The third kappa shape index (κ3) is 4.03. The quantitative estimate of drug-likeness (QED) is 0.668. The minimum Gasteiger partial charge on any atom is -0.493 e. The molecule has 2 aromatic rings. The Morgan fingerprint density at radius 3 is 2.60 bits per heavy atom. The summed E-state index contributed by atoms with van der Waals surface area (Å²) in [5, 5.41) is 3.41. The van der Waals surface area contributed by atoms with Gasteiger partial charge in [-0.3, -0.25) is 9.59 Å². The van der Waals surface area contributed by atoms with Crippen LogP contribution in [-0.2, 0) is 12.8 Å². The molecule has 0 aliphatic heterocycles. The Hall–Kier alpha value is -2.54. The Balaban J connectivity index is 1.95. The summed E-state index contributed by atoms with van der Waals surface area (Å²) >= 11 is 1.46. The van der Waals surface area contributed by atoms with E-state index in [1.54, 1.807) is 18.2 Å². The third-order valence-corrected chi connectivity index (χ3v) is 7.57. The Morgan fingerprint density at radius 1 is 1.27 bits per heavy atom. The number of ether oxygens (including phenoxy) is 2. The van der Waals surface area contributed by atoms with Gasteiger partial charge in [0, 0.05) is 4.88 Å². The van der Waals surface area contributed by atoms with Gasteiger partial charge in [0.2, 0.25) is 0 Å². The standard InChI is InChI=1S/C23H30N2O4S/c1-6-23(2,3)13-10-11-14-17(12-13)30-22(18(14)20(24)26)25-21(27)15-8-7-9-16(28-4)19(15)29-5/h7-9,13H,6,10-12H2,1-5H3,(H2,24,26)(H,25,27)/t13-/m1/s1. The van der Waals surface area contributed by atoms with Gasteiger partial charge in [-0.05, 0) is 48.3 Å². The van der Waals surface area contributed by atoms with E-state index in [-0.39, 0.29) is 11.3 Å². The molecule has 3 N–H and O–H groups in total. The number of fused-ring (bicyclic) bond motifs is 1. The molecule has 0 saturated carbocycles. The minimum absolute atomic E-state index is 0.228. The average molecular weight is 431 g/mol. The van der Waals surface area contributed by atoms with Gasteiger partial charge in [-0.2, -0.15) is 0 Å². The van der Waals surface area contributed by atoms with Gasteiger partial charge in [0.1, 0.15) is 5.00 Å². The van der Waals surface area contributed by atoms with Crippen LogP contribution in [-0.4, -0.2) is 26.0 Å². The van der Waals surface area contributed by atoms with Gasteiger partial charge in [-0.25, -0.2) is 0 Å². The van der Waals surface area contributed by atoms with E-state index in [2.05, 4.69) is 26.1 Å². The number of carbonyl (C=O) groups is 2. The Kier molecular flexibility index (Phi) is 6.41. The fourth-order valence-electron chi connectivity index (χ4n) is 4.13. The first-order valence-corrected chi connectivity index (χ1v) is 11.0. The number of hydrogen-bond acceptors (Lipinski definition) is 5. The first-order chi connectivity index (χ1) is 14.2. The highest BCUT2D eigenvalue weighted by Crippen LogP contribution is 2.45. The van der Waals surface area contributed by atoms with Crippen molar-refractivity contribution in [2.75, 3.05) is 19.5 Å². The smallest absolute Gasteiger partial charge is 0.260 e. The van der Waals surface area contributed by atoms with Gasteiger partial charge in [-0.1, -0.05) is 33.3 Å². The van der Waals surface area contributed by atoms with Crippen LogP contribution < -0.4 is 20.5 Å². The molecule has 0 saturated heterocycles. The van der Waals surface area contributed by atoms with Crippen LogP contribution in [0.25, 0.3) is 0 Å². The molecule has 0 bridgehead atoms. The lowest BCUT2D eigenvalue weighted by Gasteiger charge is -2.36. The maximum Gasteiger partial charge on any atom is 0.260 e. The summed E-state index contributed by atoms with van der Waals surface area (Å²) in [6.07, 6.45) is 3.82. The molecule has 7 heteroatoms. The van der Waals surface area contributed by atoms with Crippen LogP contribution in [0.2, 0.25) is 0 Å². The summed E-state index contributed by atoms with van der Waals surface area (Å²) in [5.74, 6) is 0.488. The molecule has 1 aromatic heterocycles. The number of primary amides is 1. The maximum absolute atomic E-state index is 13.0. The highest BCUT2D eigenvalue weighted by Gasteiger charge is 2.35. The number of amides is 2. The van der Waals surface area contributed by atoms with Crippen molar-refractivity contribution >= 4 is 28.2 Å². The van der Waals surface area contributed by atoms with Crippen LogP contribution in [0.5, 0.6) is 11.5 Å². The molecular formula is C23H30N2O4S. The summed E-state index contributed by atoms with van der Waals surface area (Å²) in [6, 6.07) is 5.11. The van der Waals surface area contributed by atoms with Gasteiger partial charge >= 0.3 is 0 Å². The number of hydrogen-bond donors (Lipinski definition) is 2. The molecule has 1 aliphatic rings. The summed E-state index contributed by atoms with van der Waals surface area (Å²) in [5.41, 5.74) is 7.71. The van der Waals surface area contributed by atoms with E-state index in [9.17, 15) is 9.59 Å². The SMILES string of the molecule is CCC(C)(C)[C@@H]1CCc2c(sc(NC(=O)c3cccc(OC)c3OC)c2C(N)=O)C1. The average Bonchev–Trinajstić information content (AvgIpc) is 3.09. The molecule has 1 heterocycles. The molecule has 0 unspecified atom stereocenters. The fourth-order valence-corrected chi connectivity index (χ4v) is 5.45. The van der Waals surface area contributed by atoms with Crippen LogP contribution in [0.4, 0.5) is 5.00 Å². The Morgan fingerprint density at radius 2 is 2.00 bits per heavy atom. The second-order valence-corrected chi connectivity index (χ2v) is 9.45. The number of methoxy groups -OCH3 is 2. The van der Waals surface area contributed by atoms with Gasteiger partial charge in [0.25, 0.3) is 11.8 Å². The predicted octanol–water partition coefficient (Wildman–Crippen LogP) is 4.66. The van der Waals surface area contributed by atoms with Crippen molar-refractivity contribution in [3.05, 3.63) is 39.8 Å². The van der Waals surface area contributed by atoms with Crippen LogP contribution in [0.3, 0.4) is 0 Å². The molecule has 1 atom stereocenters. The zero-order valence-electron chi connectivity index (χ0n) is 18.3. The predicted molar refractivity (Wildman–Crippen MR) is 120 cm³/mol. The number of rotatable bonds is 7. The Bertz CT molecular complexity index is 964. The number of para-hydroxylation sites is 1. The monoisotopic (exact) mass is 430 g/mol. The molecule has 0 fully saturated rings. The van der Waals surface area contributed by atoms with E-state index in [0.29, 0.717) is 33.5 Å². The summed E-state index contributed by atoms with van der Waals surface area (Å²) in [4.78, 5) is 26.4. The highest BCUT2D eigenvalue weighted by molar-refractivity contribution is 7.17. The van der Waals surface area contributed by atoms with E-state index in [4.69, 9.17) is 15.2 Å². The van der Waals surface area contributed by atoms with Crippen molar-refractivity contribution in [2.45, 2.75) is 46.5 Å². The zero-order valence-corrected chi connectivity index (χ0v) is 19.1. The summed E-state index contributed by atoms with van der Waals surface area (Å²) in [6.45, 7) is 6.80. The molecule has 0 radical (unpaired) electrons. The lowest BCUT2D eigenvalue weighted by Crippen LogP contribution is -2.29. The van der Waals surface area contributed by atoms with Crippen LogP contribution in [0.1, 0.15) is 64.8 Å². The van der Waals surface area contributed by atoms with E-state index < -0.39 is 5.91 Å². The van der Waals surface area contributed by atoms with Gasteiger partial charge in [0.15, 0.2) is 11.5 Å². The van der Waals surface area contributed by atoms with Crippen LogP contribution >= 0.6 is 11.3 Å². The molecule has 1 aliphatic carbocycles. The molecule has 0 spiro atoms. The maximum atomic E-state index is 13.0. The van der Waals surface area contributed by atoms with Gasteiger partial charge in [-0.15, -0.1) is 11.3 Å². The van der Waals surface area contributed by atoms with Crippen molar-refractivity contribution in [3.8, 4) is 11.5 Å². The number of carbonyl (C=O) groups excluding carboxylic acids is 2. The van der Waals surface area contributed by atoms with Crippen molar-refractivity contribution in [2.24, 2.45) is 17.1 Å². The topological polar surface area (TPSA) is 90.7 Å². The normalized spacial score (nSPS) is 16.0. The summed E-state index contributed by atoms with van der Waals surface area (Å²) < 4.78 is 10.7. The molecule has 3 rings (SSSR count). The number of anilines is 1. The zero-order chi connectivity index (χ0) is 22.1. The molecular weight excluding hydrogens is 400 g/mol. The van der Waals surface area contributed by atoms with E-state index in [1.165, 1.54) is 25.6 Å². The van der Waals surface area contributed by atoms with E-state index in [1.807, 2.05) is 0 Å².